The number of amidine groups is 1. The van der Waals surface area contributed by atoms with Crippen LogP contribution in [0.5, 0.6) is 0 Å². The zero-order valence-corrected chi connectivity index (χ0v) is 15.9. The lowest BCUT2D eigenvalue weighted by atomic mass is 9.93. The van der Waals surface area contributed by atoms with Gasteiger partial charge in [-0.15, -0.1) is 0 Å². The Morgan fingerprint density at radius 2 is 2.00 bits per heavy atom. The summed E-state index contributed by atoms with van der Waals surface area (Å²) in [6.07, 6.45) is 4.61. The first-order chi connectivity index (χ1) is 12.3. The first-order valence-corrected chi connectivity index (χ1v) is 11.6. The predicted molar refractivity (Wildman–Crippen MR) is 95.8 cm³/mol. The molecule has 4 rings (SSSR count). The number of sulfone groups is 1. The molecule has 1 N–H and O–H groups in total. The lowest BCUT2D eigenvalue weighted by Gasteiger charge is -2.36. The van der Waals surface area contributed by atoms with Gasteiger partial charge in [0.15, 0.2) is 15.0 Å². The zero-order chi connectivity index (χ0) is 18.5. The molecule has 0 aromatic carbocycles. The summed E-state index contributed by atoms with van der Waals surface area (Å²) in [5.41, 5.74) is 0. The highest BCUT2D eigenvalue weighted by atomic mass is 32.2. The molecule has 2 aliphatic heterocycles. The van der Waals surface area contributed by atoms with Gasteiger partial charge in [-0.2, -0.15) is 4.99 Å². The molecule has 5 atom stereocenters. The fraction of sp³-hybridized carbons (Fsp3) is 0.812. The summed E-state index contributed by atoms with van der Waals surface area (Å²) in [5, 5.41) is 9.09. The van der Waals surface area contributed by atoms with Crippen LogP contribution in [0.1, 0.15) is 25.7 Å². The average Bonchev–Trinajstić information content (AvgIpc) is 3.26. The summed E-state index contributed by atoms with van der Waals surface area (Å²) >= 11 is 1.38. The van der Waals surface area contributed by atoms with Crippen LogP contribution in [0.25, 0.3) is 0 Å². The van der Waals surface area contributed by atoms with Gasteiger partial charge in [0.1, 0.15) is 13.2 Å². The van der Waals surface area contributed by atoms with Crippen molar-refractivity contribution in [1.29, 1.82) is 0 Å². The fourth-order valence-corrected chi connectivity index (χ4v) is 8.89. The zero-order valence-electron chi connectivity index (χ0n) is 14.2. The smallest absolute Gasteiger partial charge is 0.329 e. The van der Waals surface area contributed by atoms with Crippen LogP contribution in [0.4, 0.5) is 0 Å². The molecule has 1 amide bonds. The van der Waals surface area contributed by atoms with Crippen molar-refractivity contribution in [1.82, 2.24) is 4.90 Å². The van der Waals surface area contributed by atoms with E-state index in [4.69, 9.17) is 9.84 Å². The first-order valence-electron chi connectivity index (χ1n) is 8.89. The molecule has 4 aliphatic rings. The molecule has 4 fully saturated rings. The van der Waals surface area contributed by atoms with Crippen molar-refractivity contribution in [2.45, 2.75) is 43.0 Å². The number of carboxylic acid groups (broad SMARTS) is 1. The van der Waals surface area contributed by atoms with Crippen molar-refractivity contribution >= 4 is 38.6 Å². The van der Waals surface area contributed by atoms with E-state index in [0.29, 0.717) is 17.0 Å². The quantitative estimate of drug-likeness (QED) is 0.702. The Kier molecular flexibility index (Phi) is 4.77. The molecule has 2 bridgehead atoms. The maximum absolute atomic E-state index is 12.1. The Balaban J connectivity index is 1.52. The van der Waals surface area contributed by atoms with Crippen LogP contribution in [0.15, 0.2) is 4.99 Å². The molecule has 2 aliphatic carbocycles. The van der Waals surface area contributed by atoms with E-state index in [1.807, 2.05) is 0 Å². The van der Waals surface area contributed by atoms with Gasteiger partial charge in [0.05, 0.1) is 17.5 Å². The molecule has 10 heteroatoms. The number of hydrogen-bond acceptors (Lipinski definition) is 6. The molecular formula is C16H22N2O6S2. The van der Waals surface area contributed by atoms with Crippen LogP contribution >= 0.6 is 11.8 Å². The molecular weight excluding hydrogens is 380 g/mol. The number of aliphatic carboxylic acids is 1. The second-order valence-electron chi connectivity index (χ2n) is 7.62. The predicted octanol–water partition coefficient (Wildman–Crippen LogP) is 0.373. The van der Waals surface area contributed by atoms with Crippen LogP contribution in [-0.4, -0.2) is 77.5 Å². The van der Waals surface area contributed by atoms with Crippen molar-refractivity contribution in [3.8, 4) is 0 Å². The van der Waals surface area contributed by atoms with Crippen molar-refractivity contribution in [2.75, 3.05) is 24.7 Å². The van der Waals surface area contributed by atoms with Crippen molar-refractivity contribution < 1.29 is 27.9 Å². The van der Waals surface area contributed by atoms with Crippen LogP contribution < -0.4 is 0 Å². The number of hydrogen-bond donors (Lipinski definition) is 1. The molecule has 8 nitrogen and oxygen atoms in total. The Bertz CT molecular complexity index is 752. The van der Waals surface area contributed by atoms with Gasteiger partial charge >= 0.3 is 5.97 Å². The van der Waals surface area contributed by atoms with E-state index in [0.717, 1.165) is 12.8 Å². The summed E-state index contributed by atoms with van der Waals surface area (Å²) < 4.78 is 29.0. The molecule has 144 valence electrons. The third-order valence-electron chi connectivity index (χ3n) is 5.84. The van der Waals surface area contributed by atoms with Gasteiger partial charge in [-0.3, -0.25) is 4.79 Å². The number of ether oxygens (including phenoxy) is 1. The van der Waals surface area contributed by atoms with Gasteiger partial charge in [-0.05, 0) is 31.1 Å². The number of rotatable bonds is 5. The number of amides is 1. The van der Waals surface area contributed by atoms with Gasteiger partial charge < -0.3 is 14.7 Å². The van der Waals surface area contributed by atoms with Gasteiger partial charge in [0, 0.05) is 11.3 Å². The second kappa shape index (κ2) is 6.79. The Labute approximate surface area is 156 Å². The number of carbonyl (C=O) groups excluding carboxylic acids is 1. The Morgan fingerprint density at radius 3 is 2.65 bits per heavy atom. The van der Waals surface area contributed by atoms with Crippen LogP contribution in [0.3, 0.4) is 0 Å². The van der Waals surface area contributed by atoms with Crippen LogP contribution in [-0.2, 0) is 24.2 Å². The third kappa shape index (κ3) is 3.50. The summed E-state index contributed by atoms with van der Waals surface area (Å²) in [6, 6.07) is 0.150. The maximum atomic E-state index is 12.1. The lowest BCUT2D eigenvalue weighted by molar-refractivity contribution is -0.143. The van der Waals surface area contributed by atoms with E-state index < -0.39 is 28.3 Å². The second-order valence-corrected chi connectivity index (χ2v) is 11.0. The minimum absolute atomic E-state index is 0.0781. The van der Waals surface area contributed by atoms with Crippen LogP contribution in [0, 0.1) is 11.8 Å². The molecule has 0 unspecified atom stereocenters. The van der Waals surface area contributed by atoms with Crippen LogP contribution in [0.2, 0.25) is 0 Å². The molecule has 2 saturated carbocycles. The highest BCUT2D eigenvalue weighted by molar-refractivity contribution is 8.15. The minimum atomic E-state index is -3.05. The number of thioether (sulfide) groups is 1. The van der Waals surface area contributed by atoms with E-state index in [9.17, 15) is 18.0 Å². The van der Waals surface area contributed by atoms with Crippen molar-refractivity contribution in [3.63, 3.8) is 0 Å². The van der Waals surface area contributed by atoms with Gasteiger partial charge in [0.25, 0.3) is 5.91 Å². The highest BCUT2D eigenvalue weighted by Crippen LogP contribution is 2.51. The van der Waals surface area contributed by atoms with E-state index in [1.54, 1.807) is 0 Å². The summed E-state index contributed by atoms with van der Waals surface area (Å²) in [5.74, 6) is -0.160. The van der Waals surface area contributed by atoms with E-state index in [-0.39, 0.29) is 35.4 Å². The van der Waals surface area contributed by atoms with Gasteiger partial charge in [0.2, 0.25) is 0 Å². The number of aliphatic imine (C=N–C) groups is 1. The molecule has 0 spiro atoms. The minimum Gasteiger partial charge on any atom is -0.480 e. The SMILES string of the molecule is O=C(O)COCC(=O)N=C1S[C@@H]2CS(=O)(=O)C[C@H]2N1[C@@H]1C[C@H]2CC[C@H]1C2. The first kappa shape index (κ1) is 18.2. The third-order valence-corrected chi connectivity index (χ3v) is 9.06. The molecule has 0 aromatic heterocycles. The number of fused-ring (bicyclic) bond motifs is 3. The molecule has 26 heavy (non-hydrogen) atoms. The highest BCUT2D eigenvalue weighted by Gasteiger charge is 2.54. The lowest BCUT2D eigenvalue weighted by Crippen LogP contribution is -2.47. The summed E-state index contributed by atoms with van der Waals surface area (Å²) in [4.78, 5) is 28.8. The average molecular weight is 402 g/mol. The Hall–Kier alpha value is -1.13. The van der Waals surface area contributed by atoms with Crippen molar-refractivity contribution in [2.24, 2.45) is 16.8 Å². The number of carbonyl (C=O) groups is 2. The van der Waals surface area contributed by atoms with E-state index >= 15 is 0 Å². The topological polar surface area (TPSA) is 113 Å². The summed E-state index contributed by atoms with van der Waals surface area (Å²) in [6.45, 7) is -0.919. The van der Waals surface area contributed by atoms with Gasteiger partial charge in [-0.1, -0.05) is 18.2 Å². The van der Waals surface area contributed by atoms with Gasteiger partial charge in [-0.25, -0.2) is 13.2 Å². The number of nitrogens with zero attached hydrogens (tertiary/aromatic N) is 2. The normalized spacial score (nSPS) is 38.8. The molecule has 0 radical (unpaired) electrons. The Morgan fingerprint density at radius 1 is 1.19 bits per heavy atom. The molecule has 2 saturated heterocycles. The van der Waals surface area contributed by atoms with E-state index in [2.05, 4.69) is 9.89 Å². The standard InChI is InChI=1S/C16H22N2O6S2/c19-14(5-24-6-15(20)21)17-16-18(11-4-9-1-2-10(11)3-9)12-7-26(22,23)8-13(12)25-16/h9-13H,1-8H2,(H,20,21)/t9-,10-,11+,12+,13+/m0/s1. The monoisotopic (exact) mass is 402 g/mol. The fourth-order valence-electron chi connectivity index (χ4n) is 4.90. The summed E-state index contributed by atoms with van der Waals surface area (Å²) in [7, 11) is -3.05. The molecule has 0 aromatic rings. The van der Waals surface area contributed by atoms with E-state index in [1.165, 1.54) is 24.6 Å². The number of carboxylic acids is 1. The molecule has 2 heterocycles. The largest absolute Gasteiger partial charge is 0.480 e. The maximum Gasteiger partial charge on any atom is 0.329 e. The van der Waals surface area contributed by atoms with Crippen molar-refractivity contribution in [3.05, 3.63) is 0 Å².